The first kappa shape index (κ1) is 69.8. The van der Waals surface area contributed by atoms with E-state index in [2.05, 4.69) is 117 Å². The van der Waals surface area contributed by atoms with Crippen LogP contribution in [0.15, 0.2) is 109 Å². The summed E-state index contributed by atoms with van der Waals surface area (Å²) in [6, 6.07) is 0. The van der Waals surface area contributed by atoms with Crippen LogP contribution in [0.25, 0.3) is 0 Å². The fraction of sp³-hybridized carbons (Fsp3) is 0.698. The molecule has 11 atom stereocenters. The van der Waals surface area contributed by atoms with E-state index in [4.69, 9.17) is 28.4 Å². The van der Waals surface area contributed by atoms with E-state index in [0.717, 1.165) is 77.0 Å². The van der Waals surface area contributed by atoms with Gasteiger partial charge < -0.3 is 64.2 Å². The molecule has 0 aromatic heterocycles. The third kappa shape index (κ3) is 35.1. The number of esters is 1. The number of aliphatic hydroxyl groups is 7. The minimum absolute atomic E-state index is 0.0312. The second-order valence-corrected chi connectivity index (χ2v) is 20.1. The Morgan fingerprint density at radius 1 is 0.429 bits per heavy atom. The zero-order chi connectivity index (χ0) is 55.8. The molecule has 2 aliphatic heterocycles. The first-order valence-electron chi connectivity index (χ1n) is 29.5. The van der Waals surface area contributed by atoms with Crippen LogP contribution in [-0.4, -0.2) is 142 Å². The molecule has 0 bridgehead atoms. The Morgan fingerprint density at radius 3 is 1.26 bits per heavy atom. The Bertz CT molecular complexity index is 1690. The quantitative estimate of drug-likeness (QED) is 0.0172. The summed E-state index contributed by atoms with van der Waals surface area (Å²) in [5.41, 5.74) is 0. The van der Waals surface area contributed by atoms with Gasteiger partial charge in [-0.15, -0.1) is 0 Å². The summed E-state index contributed by atoms with van der Waals surface area (Å²) in [7, 11) is 0. The maximum Gasteiger partial charge on any atom is 0.306 e. The van der Waals surface area contributed by atoms with Gasteiger partial charge in [-0.3, -0.25) is 4.79 Å². The number of allylic oxidation sites excluding steroid dienone is 18. The molecule has 77 heavy (non-hydrogen) atoms. The van der Waals surface area contributed by atoms with Gasteiger partial charge in [-0.25, -0.2) is 0 Å². The van der Waals surface area contributed by atoms with Crippen molar-refractivity contribution < 1.29 is 69.0 Å². The number of aliphatic hydroxyl groups excluding tert-OH is 7. The first-order valence-corrected chi connectivity index (χ1v) is 29.5. The maximum atomic E-state index is 13.0. The molecule has 2 heterocycles. The minimum Gasteiger partial charge on any atom is -0.457 e. The van der Waals surface area contributed by atoms with E-state index in [1.54, 1.807) is 0 Å². The SMILES string of the molecule is CC/C=C\C/C=C\C/C=C\C/C=C\C/C=C\CCCC(=O)OC(COCCCCCCCCCCCCCCC/C=C\C/C=C\C/C=C\C/C=C\CC)COC1OC(COC2OC(CO)C(O)C(O)C2O)C(O)C(O)C1O. The second kappa shape index (κ2) is 48.5. The number of rotatable bonds is 46. The van der Waals surface area contributed by atoms with Crippen molar-refractivity contribution in [1.29, 1.82) is 0 Å². The van der Waals surface area contributed by atoms with Crippen molar-refractivity contribution in [1.82, 2.24) is 0 Å². The Labute approximate surface area is 464 Å². The molecule has 0 spiro atoms. The highest BCUT2D eigenvalue weighted by molar-refractivity contribution is 5.69. The lowest BCUT2D eigenvalue weighted by molar-refractivity contribution is -0.332. The molecule has 0 amide bonds. The van der Waals surface area contributed by atoms with E-state index < -0.39 is 86.7 Å². The van der Waals surface area contributed by atoms with Crippen LogP contribution in [0.2, 0.25) is 0 Å². The third-order valence-corrected chi connectivity index (χ3v) is 13.3. The van der Waals surface area contributed by atoms with Gasteiger partial charge in [0.15, 0.2) is 12.6 Å². The fourth-order valence-corrected chi connectivity index (χ4v) is 8.61. The topological polar surface area (TPSA) is 214 Å². The zero-order valence-corrected chi connectivity index (χ0v) is 47.2. The standard InChI is InChI=1S/C63H104O14/c1-3-5-7-9-11-13-15-17-19-21-22-23-24-25-26-27-28-29-31-33-35-37-39-41-43-45-47-72-49-52(75-55(65)46-44-42-40-38-36-34-32-30-20-18-16-14-12-10-8-6-4-2)50-73-62-61(71)59(69)57(67)54(77-62)51-74-63-60(70)58(68)56(66)53(48-64)76-63/h5-8,11-14,17-20,22-23,32,34,38,40,52-54,56-64,66-71H,3-4,9-10,15-16,21,24-31,33,35-37,39,41-51H2,1-2H3/b7-5-,8-6-,13-11-,14-12-,19-17-,20-18-,23-22-,34-32-,40-38-. The van der Waals surface area contributed by atoms with Gasteiger partial charge in [-0.05, 0) is 89.9 Å². The molecular formula is C63H104O14. The van der Waals surface area contributed by atoms with Gasteiger partial charge in [0, 0.05) is 13.0 Å². The summed E-state index contributed by atoms with van der Waals surface area (Å²) in [4.78, 5) is 13.0. The highest BCUT2D eigenvalue weighted by Gasteiger charge is 2.47. The van der Waals surface area contributed by atoms with E-state index in [0.29, 0.717) is 19.4 Å². The maximum absolute atomic E-state index is 13.0. The highest BCUT2D eigenvalue weighted by atomic mass is 16.7. The van der Waals surface area contributed by atoms with Crippen LogP contribution in [0, 0.1) is 0 Å². The molecule has 2 saturated heterocycles. The molecule has 440 valence electrons. The minimum atomic E-state index is -1.72. The lowest BCUT2D eigenvalue weighted by Crippen LogP contribution is -2.61. The summed E-state index contributed by atoms with van der Waals surface area (Å²) in [5, 5.41) is 72.4. The molecular weight excluding hydrogens is 981 g/mol. The van der Waals surface area contributed by atoms with E-state index in [-0.39, 0.29) is 19.6 Å². The summed E-state index contributed by atoms with van der Waals surface area (Å²) in [5.74, 6) is -0.436. The highest BCUT2D eigenvalue weighted by Crippen LogP contribution is 2.26. The molecule has 0 aromatic rings. The lowest BCUT2D eigenvalue weighted by Gasteiger charge is -2.42. The van der Waals surface area contributed by atoms with Crippen LogP contribution in [0.5, 0.6) is 0 Å². The summed E-state index contributed by atoms with van der Waals surface area (Å²) in [6.07, 6.45) is 50.2. The van der Waals surface area contributed by atoms with E-state index in [1.165, 1.54) is 70.6 Å². The molecule has 14 heteroatoms. The van der Waals surface area contributed by atoms with Crippen molar-refractivity contribution in [2.75, 3.05) is 33.0 Å². The second-order valence-electron chi connectivity index (χ2n) is 20.1. The van der Waals surface area contributed by atoms with Crippen molar-refractivity contribution in [3.63, 3.8) is 0 Å². The van der Waals surface area contributed by atoms with Gasteiger partial charge in [0.1, 0.15) is 54.9 Å². The molecule has 0 aliphatic carbocycles. The number of carbonyl (C=O) groups excluding carboxylic acids is 1. The van der Waals surface area contributed by atoms with Crippen molar-refractivity contribution in [2.45, 2.75) is 248 Å². The summed E-state index contributed by atoms with van der Waals surface area (Å²) in [6.45, 7) is 3.37. The average molecular weight is 1090 g/mol. The van der Waals surface area contributed by atoms with Crippen LogP contribution < -0.4 is 0 Å². The average Bonchev–Trinajstić information content (AvgIpc) is 3.43. The van der Waals surface area contributed by atoms with Crippen molar-refractivity contribution in [3.05, 3.63) is 109 Å². The Balaban J connectivity index is 1.71. The molecule has 2 rings (SSSR count). The van der Waals surface area contributed by atoms with Crippen LogP contribution >= 0.6 is 0 Å². The van der Waals surface area contributed by atoms with E-state index in [9.17, 15) is 40.5 Å². The smallest absolute Gasteiger partial charge is 0.306 e. The Kier molecular flexibility index (Phi) is 44.0. The van der Waals surface area contributed by atoms with Gasteiger partial charge in [0.25, 0.3) is 0 Å². The Hall–Kier alpha value is -3.35. The van der Waals surface area contributed by atoms with Crippen molar-refractivity contribution in [2.24, 2.45) is 0 Å². The van der Waals surface area contributed by atoms with Crippen LogP contribution in [-0.2, 0) is 33.2 Å². The van der Waals surface area contributed by atoms with Crippen LogP contribution in [0.1, 0.15) is 181 Å². The number of carbonyl (C=O) groups is 1. The van der Waals surface area contributed by atoms with Gasteiger partial charge in [-0.2, -0.15) is 0 Å². The molecule has 2 fully saturated rings. The molecule has 7 N–H and O–H groups in total. The monoisotopic (exact) mass is 1080 g/mol. The predicted octanol–water partition coefficient (Wildman–Crippen LogP) is 10.7. The lowest BCUT2D eigenvalue weighted by atomic mass is 9.98. The molecule has 14 nitrogen and oxygen atoms in total. The molecule has 2 aliphatic rings. The fourth-order valence-electron chi connectivity index (χ4n) is 8.61. The predicted molar refractivity (Wildman–Crippen MR) is 307 cm³/mol. The molecule has 11 unspecified atom stereocenters. The normalized spacial score (nSPS) is 25.1. The largest absolute Gasteiger partial charge is 0.457 e. The zero-order valence-electron chi connectivity index (χ0n) is 47.2. The molecule has 0 aromatic carbocycles. The van der Waals surface area contributed by atoms with Gasteiger partial charge in [0.2, 0.25) is 0 Å². The van der Waals surface area contributed by atoms with Crippen molar-refractivity contribution >= 4 is 5.97 Å². The first-order chi connectivity index (χ1) is 37.6. The van der Waals surface area contributed by atoms with Gasteiger partial charge in [0.05, 0.1) is 26.4 Å². The Morgan fingerprint density at radius 2 is 0.805 bits per heavy atom. The van der Waals surface area contributed by atoms with E-state index >= 15 is 0 Å². The van der Waals surface area contributed by atoms with Gasteiger partial charge in [-0.1, -0.05) is 194 Å². The van der Waals surface area contributed by atoms with Crippen LogP contribution in [0.4, 0.5) is 0 Å². The number of unbranched alkanes of at least 4 members (excludes halogenated alkanes) is 14. The number of hydrogen-bond acceptors (Lipinski definition) is 14. The van der Waals surface area contributed by atoms with Gasteiger partial charge >= 0.3 is 5.97 Å². The third-order valence-electron chi connectivity index (χ3n) is 13.3. The van der Waals surface area contributed by atoms with E-state index in [1.807, 2.05) is 6.08 Å². The summed E-state index contributed by atoms with van der Waals surface area (Å²) < 4.78 is 34.3. The number of ether oxygens (including phenoxy) is 6. The molecule has 0 radical (unpaired) electrons. The number of hydrogen-bond donors (Lipinski definition) is 7. The summed E-state index contributed by atoms with van der Waals surface area (Å²) >= 11 is 0. The van der Waals surface area contributed by atoms with Crippen LogP contribution in [0.3, 0.4) is 0 Å². The molecule has 0 saturated carbocycles. The van der Waals surface area contributed by atoms with Crippen molar-refractivity contribution in [3.8, 4) is 0 Å².